The number of rotatable bonds is 2. The first-order chi connectivity index (χ1) is 8.08. The van der Waals surface area contributed by atoms with Gasteiger partial charge in [0, 0.05) is 0 Å². The van der Waals surface area contributed by atoms with E-state index in [4.69, 9.17) is 11.5 Å². The molecule has 0 fully saturated rings. The van der Waals surface area contributed by atoms with Crippen LogP contribution in [0.2, 0.25) is 0 Å². The van der Waals surface area contributed by atoms with Gasteiger partial charge in [0.05, 0.1) is 0 Å². The van der Waals surface area contributed by atoms with Crippen molar-refractivity contribution in [1.29, 1.82) is 0 Å². The summed E-state index contributed by atoms with van der Waals surface area (Å²) in [6.07, 6.45) is 0. The number of anilines is 2. The Morgan fingerprint density at radius 3 is 2.41 bits per heavy atom. The number of hydrogen-bond donors (Lipinski definition) is 2. The van der Waals surface area contributed by atoms with Crippen molar-refractivity contribution < 1.29 is 0 Å². The summed E-state index contributed by atoms with van der Waals surface area (Å²) in [6.45, 7) is 4.10. The average molecular weight is 340 g/mol. The molecule has 0 saturated carbocycles. The maximum absolute atomic E-state index is 6.11. The Labute approximate surface area is 112 Å². The number of nitrogens with two attached hydrogens (primary N) is 2. The summed E-state index contributed by atoms with van der Waals surface area (Å²) in [6, 6.07) is 12.6. The van der Waals surface area contributed by atoms with Gasteiger partial charge in [0.15, 0.2) is 0 Å². The van der Waals surface area contributed by atoms with E-state index in [2.05, 4.69) is 37.3 Å². The van der Waals surface area contributed by atoms with Crippen molar-refractivity contribution in [2.45, 2.75) is 13.8 Å². The second-order valence-electron chi connectivity index (χ2n) is 4.11. The van der Waals surface area contributed by atoms with Crippen molar-refractivity contribution in [2.24, 2.45) is 0 Å². The van der Waals surface area contributed by atoms with Gasteiger partial charge >= 0.3 is 112 Å². The normalized spacial score (nSPS) is 10.5. The molecular weight excluding hydrogens is 324 g/mol. The van der Waals surface area contributed by atoms with Crippen molar-refractivity contribution in [1.82, 2.24) is 0 Å². The van der Waals surface area contributed by atoms with Crippen LogP contribution in [0.3, 0.4) is 0 Å². The molecule has 0 atom stereocenters. The van der Waals surface area contributed by atoms with Gasteiger partial charge in [0.25, 0.3) is 0 Å². The SMILES string of the molecule is Cc1cc([Te]c2cccc(C)c2N)ccc1N. The van der Waals surface area contributed by atoms with Gasteiger partial charge in [-0.25, -0.2) is 0 Å². The van der Waals surface area contributed by atoms with E-state index >= 15 is 0 Å². The fraction of sp³-hybridized carbons (Fsp3) is 0.143. The first kappa shape index (κ1) is 12.3. The molecule has 88 valence electrons. The quantitative estimate of drug-likeness (QED) is 0.636. The Morgan fingerprint density at radius 2 is 1.71 bits per heavy atom. The molecule has 2 rings (SSSR count). The van der Waals surface area contributed by atoms with Gasteiger partial charge in [-0.1, -0.05) is 0 Å². The van der Waals surface area contributed by atoms with Crippen molar-refractivity contribution in [3.63, 3.8) is 0 Å². The zero-order valence-electron chi connectivity index (χ0n) is 10.0. The van der Waals surface area contributed by atoms with Gasteiger partial charge in [-0.05, 0) is 0 Å². The molecule has 17 heavy (non-hydrogen) atoms. The molecule has 0 radical (unpaired) electrons. The fourth-order valence-corrected chi connectivity index (χ4v) is 4.56. The summed E-state index contributed by atoms with van der Waals surface area (Å²) >= 11 is -0.415. The molecule has 0 aliphatic heterocycles. The van der Waals surface area contributed by atoms with Crippen LogP contribution in [-0.2, 0) is 0 Å². The molecule has 0 amide bonds. The number of benzene rings is 2. The van der Waals surface area contributed by atoms with E-state index in [1.54, 1.807) is 0 Å². The Bertz CT molecular complexity index is 550. The molecule has 0 aliphatic carbocycles. The first-order valence-corrected chi connectivity index (χ1v) is 7.80. The summed E-state index contributed by atoms with van der Waals surface area (Å²) < 4.78 is 2.68. The van der Waals surface area contributed by atoms with E-state index in [1.165, 1.54) is 12.8 Å². The van der Waals surface area contributed by atoms with Gasteiger partial charge in [-0.3, -0.25) is 0 Å². The number of aryl methyl sites for hydroxylation is 2. The predicted octanol–water partition coefficient (Wildman–Crippen LogP) is 1.12. The Balaban J connectivity index is 2.31. The predicted molar refractivity (Wildman–Crippen MR) is 76.2 cm³/mol. The van der Waals surface area contributed by atoms with E-state index in [-0.39, 0.29) is 0 Å². The van der Waals surface area contributed by atoms with Crippen LogP contribution in [0.1, 0.15) is 11.1 Å². The third-order valence-corrected chi connectivity index (χ3v) is 5.79. The van der Waals surface area contributed by atoms with E-state index in [9.17, 15) is 0 Å². The summed E-state index contributed by atoms with van der Waals surface area (Å²) in [5, 5.41) is 0. The summed E-state index contributed by atoms with van der Waals surface area (Å²) in [4.78, 5) is 0. The number of nitrogen functional groups attached to an aromatic ring is 2. The molecule has 0 unspecified atom stereocenters. The third-order valence-electron chi connectivity index (χ3n) is 2.75. The van der Waals surface area contributed by atoms with Crippen molar-refractivity contribution in [2.75, 3.05) is 11.5 Å². The van der Waals surface area contributed by atoms with E-state index in [0.717, 1.165) is 16.9 Å². The van der Waals surface area contributed by atoms with Gasteiger partial charge in [0.1, 0.15) is 0 Å². The van der Waals surface area contributed by atoms with Crippen molar-refractivity contribution in [3.05, 3.63) is 47.5 Å². The van der Waals surface area contributed by atoms with Gasteiger partial charge < -0.3 is 0 Å². The molecule has 2 aromatic carbocycles. The van der Waals surface area contributed by atoms with Crippen molar-refractivity contribution in [3.8, 4) is 0 Å². The Morgan fingerprint density at radius 1 is 0.941 bits per heavy atom. The van der Waals surface area contributed by atoms with Gasteiger partial charge in [0.2, 0.25) is 0 Å². The monoisotopic (exact) mass is 342 g/mol. The molecule has 3 heteroatoms. The molecule has 0 bridgehead atoms. The minimum atomic E-state index is -0.415. The van der Waals surface area contributed by atoms with E-state index in [0.29, 0.717) is 0 Å². The molecule has 0 aliphatic rings. The van der Waals surface area contributed by atoms with Crippen LogP contribution in [0.15, 0.2) is 36.4 Å². The second kappa shape index (κ2) is 4.99. The molecule has 0 saturated heterocycles. The summed E-state index contributed by atoms with van der Waals surface area (Å²) in [7, 11) is 0. The zero-order valence-corrected chi connectivity index (χ0v) is 12.4. The van der Waals surface area contributed by atoms with Crippen LogP contribution in [-0.4, -0.2) is 20.9 Å². The molecule has 2 aromatic rings. The van der Waals surface area contributed by atoms with Crippen LogP contribution in [0.5, 0.6) is 0 Å². The van der Waals surface area contributed by atoms with Crippen molar-refractivity contribution >= 4 is 39.5 Å². The third kappa shape index (κ3) is 2.74. The average Bonchev–Trinajstić information content (AvgIpc) is 2.30. The van der Waals surface area contributed by atoms with Crippen LogP contribution >= 0.6 is 0 Å². The van der Waals surface area contributed by atoms with Gasteiger partial charge in [-0.2, -0.15) is 0 Å². The maximum atomic E-state index is 6.11. The molecule has 4 N–H and O–H groups in total. The number of para-hydroxylation sites is 1. The molecule has 0 heterocycles. The summed E-state index contributed by atoms with van der Waals surface area (Å²) in [5.74, 6) is 0. The molecule has 2 nitrogen and oxygen atoms in total. The molecule has 0 spiro atoms. The first-order valence-electron chi connectivity index (χ1n) is 5.47. The minimum absolute atomic E-state index is 0.415. The fourth-order valence-electron chi connectivity index (χ4n) is 1.58. The topological polar surface area (TPSA) is 52.0 Å². The van der Waals surface area contributed by atoms with Crippen LogP contribution < -0.4 is 18.7 Å². The summed E-state index contributed by atoms with van der Waals surface area (Å²) in [5.41, 5.74) is 16.1. The van der Waals surface area contributed by atoms with E-state index < -0.39 is 20.9 Å². The standard InChI is InChI=1S/C14H16N2Te/c1-9-4-3-5-13(14(9)16)17-11-6-7-12(15)10(2)8-11/h3-8H,15-16H2,1-2H3. The second-order valence-corrected chi connectivity index (χ2v) is 7.29. The van der Waals surface area contributed by atoms with Gasteiger partial charge in [-0.15, -0.1) is 0 Å². The van der Waals surface area contributed by atoms with Crippen LogP contribution in [0, 0.1) is 13.8 Å². The van der Waals surface area contributed by atoms with E-state index in [1.807, 2.05) is 13.0 Å². The Kier molecular flexibility index (Phi) is 3.61. The van der Waals surface area contributed by atoms with Crippen LogP contribution in [0.4, 0.5) is 11.4 Å². The molecule has 0 aromatic heterocycles. The Hall–Kier alpha value is -1.17. The zero-order chi connectivity index (χ0) is 12.4. The van der Waals surface area contributed by atoms with Crippen LogP contribution in [0.25, 0.3) is 0 Å². The number of hydrogen-bond acceptors (Lipinski definition) is 2. The molecular formula is C14H16N2Te.